The van der Waals surface area contributed by atoms with E-state index in [0.717, 1.165) is 51.3 Å². The van der Waals surface area contributed by atoms with Crippen molar-refractivity contribution in [2.45, 2.75) is 227 Å². The summed E-state index contributed by atoms with van der Waals surface area (Å²) in [5.41, 5.74) is 0.313. The van der Waals surface area contributed by atoms with Crippen molar-refractivity contribution in [3.8, 4) is 0 Å². The highest BCUT2D eigenvalue weighted by Gasteiger charge is 2.40. The Kier molecular flexibility index (Phi) is 31.4. The molecule has 298 valence electrons. The van der Waals surface area contributed by atoms with Crippen LogP contribution in [0, 0.1) is 11.3 Å². The summed E-state index contributed by atoms with van der Waals surface area (Å²) >= 11 is 0. The van der Waals surface area contributed by atoms with Crippen LogP contribution in [0.2, 0.25) is 0 Å². The minimum Gasteiger partial charge on any atom is -0.347 e. The fraction of sp³-hybridized carbons (Fsp3) is 0.833. The van der Waals surface area contributed by atoms with Crippen molar-refractivity contribution in [2.75, 3.05) is 19.7 Å². The molecule has 0 aliphatic carbocycles. The van der Waals surface area contributed by atoms with Crippen molar-refractivity contribution in [1.29, 1.82) is 0 Å². The van der Waals surface area contributed by atoms with Gasteiger partial charge in [-0.05, 0) is 94.8 Å². The minimum atomic E-state index is -0.357. The molecular weight excluding hydrogens is 623 g/mol. The molecule has 1 rings (SSSR count). The lowest BCUT2D eigenvalue weighted by Gasteiger charge is -2.29. The number of hydrogen-bond donors (Lipinski definition) is 1. The summed E-state index contributed by atoms with van der Waals surface area (Å²) in [4.78, 5) is 0. The SMILES string of the molecule is CCCCC/C=C\C/C=C\CCCCCCCCC1(CCCCCCCC/C=C\C/C=C\CCCCC)OC[C@@H](CNCC(C)(C)CC(C)C)O1. The minimum absolute atomic E-state index is 0.175. The van der Waals surface area contributed by atoms with Crippen LogP contribution < -0.4 is 5.32 Å². The monoisotopic (exact) mass is 712 g/mol. The summed E-state index contributed by atoms with van der Waals surface area (Å²) in [6.45, 7) is 16.6. The number of hydrogen-bond acceptors (Lipinski definition) is 3. The van der Waals surface area contributed by atoms with E-state index in [4.69, 9.17) is 9.47 Å². The molecule has 0 aromatic heterocycles. The molecule has 0 aromatic carbocycles. The van der Waals surface area contributed by atoms with Crippen molar-refractivity contribution < 1.29 is 9.47 Å². The highest BCUT2D eigenvalue weighted by atomic mass is 16.7. The maximum absolute atomic E-state index is 6.78. The Morgan fingerprint density at radius 3 is 1.43 bits per heavy atom. The molecular formula is C48H89NO2. The van der Waals surface area contributed by atoms with Crippen LogP contribution in [-0.2, 0) is 9.47 Å². The van der Waals surface area contributed by atoms with Crippen LogP contribution in [0.3, 0.4) is 0 Å². The third-order valence-electron chi connectivity index (χ3n) is 10.4. The summed E-state index contributed by atoms with van der Waals surface area (Å²) in [6, 6.07) is 0. The van der Waals surface area contributed by atoms with Crippen LogP contribution >= 0.6 is 0 Å². The summed E-state index contributed by atoms with van der Waals surface area (Å²) in [5, 5.41) is 3.74. The fourth-order valence-electron chi connectivity index (χ4n) is 7.62. The zero-order valence-corrected chi connectivity index (χ0v) is 35.3. The number of ether oxygens (including phenoxy) is 2. The predicted octanol–water partition coefficient (Wildman–Crippen LogP) is 15.2. The normalized spacial score (nSPS) is 16.8. The molecule has 0 saturated carbocycles. The Balaban J connectivity index is 2.31. The van der Waals surface area contributed by atoms with Gasteiger partial charge in [0, 0.05) is 25.9 Å². The lowest BCUT2D eigenvalue weighted by atomic mass is 9.84. The summed E-state index contributed by atoms with van der Waals surface area (Å²) in [6.07, 6.45) is 53.3. The Bertz CT molecular complexity index is 820. The molecule has 1 fully saturated rings. The molecule has 1 aliphatic heterocycles. The quantitative estimate of drug-likeness (QED) is 0.0518. The van der Waals surface area contributed by atoms with Gasteiger partial charge < -0.3 is 14.8 Å². The van der Waals surface area contributed by atoms with Crippen LogP contribution in [-0.4, -0.2) is 31.6 Å². The van der Waals surface area contributed by atoms with Crippen molar-refractivity contribution in [1.82, 2.24) is 5.32 Å². The maximum atomic E-state index is 6.78. The van der Waals surface area contributed by atoms with Gasteiger partial charge in [-0.25, -0.2) is 0 Å². The first-order chi connectivity index (χ1) is 24.8. The van der Waals surface area contributed by atoms with Crippen molar-refractivity contribution in [2.24, 2.45) is 11.3 Å². The van der Waals surface area contributed by atoms with E-state index in [0.29, 0.717) is 5.41 Å². The molecule has 1 atom stereocenters. The standard InChI is InChI=1S/C48H89NO2/c1-7-9-11-13-15-17-19-21-23-25-27-29-31-33-35-37-39-48(50-43-46(51-48)42-49-44-47(5,6)41-45(3)4)40-38-36-34-32-30-28-26-24-22-20-18-16-14-12-10-8-2/h15-18,21-24,45-46,49H,7-14,19-20,25-44H2,1-6H3/b17-15-,18-16-,23-21-,24-22-/t46-/m1/s1. The summed E-state index contributed by atoms with van der Waals surface area (Å²) < 4.78 is 13.3. The van der Waals surface area contributed by atoms with E-state index in [1.54, 1.807) is 0 Å². The molecule has 1 saturated heterocycles. The zero-order chi connectivity index (χ0) is 37.1. The Hall–Kier alpha value is -1.16. The van der Waals surface area contributed by atoms with E-state index in [2.05, 4.69) is 95.5 Å². The third-order valence-corrected chi connectivity index (χ3v) is 10.4. The average Bonchev–Trinajstić information content (AvgIpc) is 3.49. The molecule has 3 heteroatoms. The maximum Gasteiger partial charge on any atom is 0.168 e. The van der Waals surface area contributed by atoms with Gasteiger partial charge in [-0.2, -0.15) is 0 Å². The topological polar surface area (TPSA) is 30.5 Å². The molecule has 0 radical (unpaired) electrons. The molecule has 3 nitrogen and oxygen atoms in total. The van der Waals surface area contributed by atoms with E-state index >= 15 is 0 Å². The van der Waals surface area contributed by atoms with Crippen LogP contribution in [0.25, 0.3) is 0 Å². The van der Waals surface area contributed by atoms with E-state index in [9.17, 15) is 0 Å². The van der Waals surface area contributed by atoms with Gasteiger partial charge in [-0.15, -0.1) is 0 Å². The largest absolute Gasteiger partial charge is 0.347 e. The first-order valence-corrected chi connectivity index (χ1v) is 22.4. The van der Waals surface area contributed by atoms with Crippen molar-refractivity contribution >= 4 is 0 Å². The molecule has 1 heterocycles. The smallest absolute Gasteiger partial charge is 0.168 e. The molecule has 0 amide bonds. The first kappa shape index (κ1) is 47.9. The third kappa shape index (κ3) is 29.9. The van der Waals surface area contributed by atoms with Gasteiger partial charge in [0.15, 0.2) is 5.79 Å². The second-order valence-electron chi connectivity index (χ2n) is 17.0. The van der Waals surface area contributed by atoms with E-state index in [1.165, 1.54) is 148 Å². The van der Waals surface area contributed by atoms with E-state index in [1.807, 2.05) is 0 Å². The lowest BCUT2D eigenvalue weighted by molar-refractivity contribution is -0.179. The van der Waals surface area contributed by atoms with Crippen molar-refractivity contribution in [3.05, 3.63) is 48.6 Å². The molecule has 0 unspecified atom stereocenters. The average molecular weight is 712 g/mol. The number of nitrogens with one attached hydrogen (secondary N) is 1. The Labute approximate surface area is 320 Å². The molecule has 0 bridgehead atoms. The van der Waals surface area contributed by atoms with Crippen molar-refractivity contribution in [3.63, 3.8) is 0 Å². The molecule has 0 aromatic rings. The number of unbranched alkanes of at least 4 members (excludes halogenated alkanes) is 18. The van der Waals surface area contributed by atoms with Crippen LogP contribution in [0.15, 0.2) is 48.6 Å². The summed E-state index contributed by atoms with van der Waals surface area (Å²) in [7, 11) is 0. The van der Waals surface area contributed by atoms with Crippen LogP contribution in [0.4, 0.5) is 0 Å². The van der Waals surface area contributed by atoms with Gasteiger partial charge in [0.1, 0.15) is 0 Å². The predicted molar refractivity (Wildman–Crippen MR) is 228 cm³/mol. The second-order valence-corrected chi connectivity index (χ2v) is 17.0. The highest BCUT2D eigenvalue weighted by Crippen LogP contribution is 2.35. The Morgan fingerprint density at radius 1 is 0.588 bits per heavy atom. The molecule has 51 heavy (non-hydrogen) atoms. The van der Waals surface area contributed by atoms with Crippen LogP contribution in [0.5, 0.6) is 0 Å². The van der Waals surface area contributed by atoms with E-state index < -0.39 is 0 Å². The van der Waals surface area contributed by atoms with Gasteiger partial charge in [-0.1, -0.05) is 167 Å². The number of rotatable bonds is 36. The lowest BCUT2D eigenvalue weighted by Crippen LogP contribution is -2.38. The number of allylic oxidation sites excluding steroid dienone is 8. The van der Waals surface area contributed by atoms with Gasteiger partial charge in [0.25, 0.3) is 0 Å². The van der Waals surface area contributed by atoms with Gasteiger partial charge >= 0.3 is 0 Å². The Morgan fingerprint density at radius 2 is 1.00 bits per heavy atom. The molecule has 1 aliphatic rings. The molecule has 1 N–H and O–H groups in total. The first-order valence-electron chi connectivity index (χ1n) is 22.4. The second kappa shape index (κ2) is 33.4. The zero-order valence-electron chi connectivity index (χ0n) is 35.3. The fourth-order valence-corrected chi connectivity index (χ4v) is 7.62. The molecule has 0 spiro atoms. The highest BCUT2D eigenvalue weighted by molar-refractivity contribution is 4.93. The van der Waals surface area contributed by atoms with Gasteiger partial charge in [0.05, 0.1) is 12.7 Å². The van der Waals surface area contributed by atoms with Gasteiger partial charge in [0.2, 0.25) is 0 Å². The van der Waals surface area contributed by atoms with Crippen LogP contribution in [0.1, 0.15) is 215 Å². The van der Waals surface area contributed by atoms with Gasteiger partial charge in [-0.3, -0.25) is 0 Å². The summed E-state index contributed by atoms with van der Waals surface area (Å²) in [5.74, 6) is 0.369. The van der Waals surface area contributed by atoms with E-state index in [-0.39, 0.29) is 11.9 Å².